The summed E-state index contributed by atoms with van der Waals surface area (Å²) in [5, 5.41) is 5.06. The average Bonchev–Trinajstić information content (AvgIpc) is 3.22. The predicted octanol–water partition coefficient (Wildman–Crippen LogP) is 5.06. The molecule has 0 radical (unpaired) electrons. The van der Waals surface area contributed by atoms with E-state index in [9.17, 15) is 19.2 Å². The Labute approximate surface area is 338 Å². The molecule has 0 heterocycles. The highest BCUT2D eigenvalue weighted by Crippen LogP contribution is 2.19. The first-order valence-electron chi connectivity index (χ1n) is 18.5. The number of rotatable bonds is 28. The van der Waals surface area contributed by atoms with E-state index < -0.39 is 36.3 Å². The van der Waals surface area contributed by atoms with E-state index in [2.05, 4.69) is 23.8 Å². The molecule has 3 rings (SSSR count). The fraction of sp³-hybridized carbons (Fsp3) is 0.381. The number of para-hydroxylation sites is 2. The number of hydrogen-bond donors (Lipinski definition) is 2. The third-order valence-electron chi connectivity index (χ3n) is 7.22. The van der Waals surface area contributed by atoms with Crippen LogP contribution in [0.25, 0.3) is 0 Å². The number of benzene rings is 3. The average molecular weight is 809 g/mol. The zero-order chi connectivity index (χ0) is 41.8. The van der Waals surface area contributed by atoms with E-state index in [0.29, 0.717) is 23.0 Å². The minimum absolute atomic E-state index is 0.0271. The summed E-state index contributed by atoms with van der Waals surface area (Å²) in [6.07, 6.45) is -2.95. The third-order valence-corrected chi connectivity index (χ3v) is 7.22. The Morgan fingerprint density at radius 1 is 0.500 bits per heavy atom. The van der Waals surface area contributed by atoms with E-state index in [1.165, 1.54) is 13.8 Å². The second kappa shape index (κ2) is 27.4. The number of carbonyl (C=O) groups excluding carboxylic acids is 4. The van der Waals surface area contributed by atoms with Crippen LogP contribution >= 0.6 is 0 Å². The van der Waals surface area contributed by atoms with Crippen LogP contribution in [0.4, 0.5) is 9.59 Å². The molecule has 3 aromatic rings. The van der Waals surface area contributed by atoms with Crippen LogP contribution < -0.4 is 29.6 Å². The summed E-state index contributed by atoms with van der Waals surface area (Å²) in [6, 6.07) is 25.2. The monoisotopic (exact) mass is 808 g/mol. The van der Waals surface area contributed by atoms with Crippen molar-refractivity contribution in [2.24, 2.45) is 0 Å². The van der Waals surface area contributed by atoms with Gasteiger partial charge in [0.2, 0.25) is 0 Å². The quantitative estimate of drug-likeness (QED) is 0.0429. The SMILES string of the molecule is C=C(C)C(=O)OCCNC(=O)OC(COCCOc1cccc(OCCOCC(COc2ccccc2)OC(=O)NCCOC(=O)C(=C)C)c1)COc1ccccc1. The molecule has 2 unspecified atom stereocenters. The largest absolute Gasteiger partial charge is 0.491 e. The van der Waals surface area contributed by atoms with Gasteiger partial charge in [0.15, 0.2) is 12.2 Å². The smallest absolute Gasteiger partial charge is 0.407 e. The highest BCUT2D eigenvalue weighted by atomic mass is 16.6. The number of hydrogen-bond acceptors (Lipinski definition) is 14. The molecule has 0 saturated carbocycles. The molecule has 16 heteroatoms. The Morgan fingerprint density at radius 2 is 0.897 bits per heavy atom. The van der Waals surface area contributed by atoms with Gasteiger partial charge in [-0.05, 0) is 50.2 Å². The van der Waals surface area contributed by atoms with Crippen molar-refractivity contribution in [2.45, 2.75) is 26.1 Å². The highest BCUT2D eigenvalue weighted by Gasteiger charge is 2.18. The number of nitrogens with one attached hydrogen (secondary N) is 2. The maximum atomic E-state index is 12.4. The number of ether oxygens (including phenoxy) is 10. The molecule has 16 nitrogen and oxygen atoms in total. The van der Waals surface area contributed by atoms with Crippen molar-refractivity contribution in [2.75, 3.05) is 79.2 Å². The van der Waals surface area contributed by atoms with Crippen LogP contribution in [0.2, 0.25) is 0 Å². The topological polar surface area (TPSA) is 185 Å². The summed E-state index contributed by atoms with van der Waals surface area (Å²) >= 11 is 0. The molecule has 0 aromatic heterocycles. The van der Waals surface area contributed by atoms with Crippen LogP contribution in [0.1, 0.15) is 13.8 Å². The molecule has 2 amide bonds. The Bertz CT molecular complexity index is 1590. The van der Waals surface area contributed by atoms with E-state index in [0.717, 1.165) is 0 Å². The molecule has 0 spiro atoms. The van der Waals surface area contributed by atoms with Crippen molar-refractivity contribution >= 4 is 24.1 Å². The summed E-state index contributed by atoms with van der Waals surface area (Å²) < 4.78 is 55.6. The zero-order valence-electron chi connectivity index (χ0n) is 32.9. The summed E-state index contributed by atoms with van der Waals surface area (Å²) in [5.41, 5.74) is 0.516. The van der Waals surface area contributed by atoms with Crippen molar-refractivity contribution in [1.29, 1.82) is 0 Å². The predicted molar refractivity (Wildman–Crippen MR) is 211 cm³/mol. The Kier molecular flexibility index (Phi) is 21.8. The Hall–Kier alpha value is -6.26. The van der Waals surface area contributed by atoms with Crippen LogP contribution in [0.3, 0.4) is 0 Å². The molecule has 0 saturated heterocycles. The van der Waals surface area contributed by atoms with Gasteiger partial charge < -0.3 is 58.0 Å². The van der Waals surface area contributed by atoms with Crippen molar-refractivity contribution in [3.63, 3.8) is 0 Å². The van der Waals surface area contributed by atoms with Crippen LogP contribution in [0, 0.1) is 0 Å². The third kappa shape index (κ3) is 20.6. The molecule has 0 aliphatic carbocycles. The number of alkyl carbamates (subject to hydrolysis) is 2. The van der Waals surface area contributed by atoms with Gasteiger partial charge in [0, 0.05) is 17.2 Å². The molecular weight excluding hydrogens is 756 g/mol. The lowest BCUT2D eigenvalue weighted by Gasteiger charge is -2.19. The van der Waals surface area contributed by atoms with E-state index in [1.54, 1.807) is 48.5 Å². The highest BCUT2D eigenvalue weighted by molar-refractivity contribution is 5.87. The van der Waals surface area contributed by atoms with Gasteiger partial charge in [-0.1, -0.05) is 55.6 Å². The molecule has 0 aliphatic rings. The summed E-state index contributed by atoms with van der Waals surface area (Å²) in [4.78, 5) is 47.8. The van der Waals surface area contributed by atoms with Gasteiger partial charge >= 0.3 is 24.1 Å². The molecule has 0 bridgehead atoms. The van der Waals surface area contributed by atoms with E-state index in [-0.39, 0.29) is 90.3 Å². The van der Waals surface area contributed by atoms with Crippen molar-refractivity contribution < 1.29 is 66.5 Å². The molecule has 0 fully saturated rings. The van der Waals surface area contributed by atoms with Crippen LogP contribution in [-0.4, -0.2) is 115 Å². The minimum atomic E-state index is -0.752. The van der Waals surface area contributed by atoms with Gasteiger partial charge in [-0.15, -0.1) is 0 Å². The van der Waals surface area contributed by atoms with Gasteiger partial charge in [0.05, 0.1) is 39.5 Å². The summed E-state index contributed by atoms with van der Waals surface area (Å²) in [7, 11) is 0. The first-order chi connectivity index (χ1) is 28.1. The number of carbonyl (C=O) groups is 4. The standard InChI is InChI=1S/C42H52N2O14/c1-31(2)39(45)53-20-18-43-41(47)57-37(29-55-33-12-7-5-8-13-33)27-49-22-24-51-35-16-11-17-36(26-35)52-25-23-50-28-38(30-56-34-14-9-6-10-15-34)58-42(48)44-19-21-54-40(46)32(3)4/h5-17,26,37-38H,1,3,18-25,27-30H2,2,4H3,(H,43,47)(H,44,48). The number of amides is 2. The lowest BCUT2D eigenvalue weighted by molar-refractivity contribution is -0.139. The first-order valence-corrected chi connectivity index (χ1v) is 18.5. The number of esters is 2. The van der Waals surface area contributed by atoms with Crippen molar-refractivity contribution in [3.05, 3.63) is 109 Å². The van der Waals surface area contributed by atoms with Gasteiger partial charge in [0.25, 0.3) is 0 Å². The molecule has 314 valence electrons. The molecule has 0 aliphatic heterocycles. The van der Waals surface area contributed by atoms with Crippen LogP contribution in [0.15, 0.2) is 109 Å². The minimum Gasteiger partial charge on any atom is -0.491 e. The molecule has 3 aromatic carbocycles. The van der Waals surface area contributed by atoms with Gasteiger partial charge in [-0.25, -0.2) is 19.2 Å². The molecule has 2 atom stereocenters. The molecule has 58 heavy (non-hydrogen) atoms. The van der Waals surface area contributed by atoms with E-state index in [1.807, 2.05) is 36.4 Å². The van der Waals surface area contributed by atoms with Crippen molar-refractivity contribution in [3.8, 4) is 23.0 Å². The van der Waals surface area contributed by atoms with Gasteiger partial charge in [0.1, 0.15) is 62.6 Å². The fourth-order valence-corrected chi connectivity index (χ4v) is 4.39. The van der Waals surface area contributed by atoms with E-state index in [4.69, 9.17) is 47.4 Å². The van der Waals surface area contributed by atoms with Crippen LogP contribution in [0.5, 0.6) is 23.0 Å². The second-order valence-corrected chi connectivity index (χ2v) is 12.3. The van der Waals surface area contributed by atoms with Gasteiger partial charge in [-0.2, -0.15) is 0 Å². The normalized spacial score (nSPS) is 11.5. The maximum absolute atomic E-state index is 12.4. The lowest BCUT2D eigenvalue weighted by atomic mass is 10.3. The second-order valence-electron chi connectivity index (χ2n) is 12.3. The summed E-state index contributed by atoms with van der Waals surface area (Å²) in [6.45, 7) is 11.0. The summed E-state index contributed by atoms with van der Waals surface area (Å²) in [5.74, 6) is 1.19. The van der Waals surface area contributed by atoms with Gasteiger partial charge in [-0.3, -0.25) is 0 Å². The maximum Gasteiger partial charge on any atom is 0.407 e. The molecular formula is C42H52N2O14. The van der Waals surface area contributed by atoms with Crippen LogP contribution in [-0.2, 0) is 38.0 Å². The van der Waals surface area contributed by atoms with Crippen molar-refractivity contribution in [1.82, 2.24) is 10.6 Å². The Morgan fingerprint density at radius 3 is 1.29 bits per heavy atom. The lowest BCUT2D eigenvalue weighted by Crippen LogP contribution is -2.36. The zero-order valence-corrected chi connectivity index (χ0v) is 32.9. The first kappa shape index (κ1) is 46.1. The fourth-order valence-electron chi connectivity index (χ4n) is 4.39. The molecule has 2 N–H and O–H groups in total. The Balaban J connectivity index is 1.37. The van der Waals surface area contributed by atoms with E-state index >= 15 is 0 Å².